The van der Waals surface area contributed by atoms with Gasteiger partial charge in [-0.05, 0) is 13.8 Å². The van der Waals surface area contributed by atoms with Gasteiger partial charge >= 0.3 is 0 Å². The Morgan fingerprint density at radius 3 is 3.19 bits per heavy atom. The number of ether oxygens (including phenoxy) is 1. The van der Waals surface area contributed by atoms with Crippen LogP contribution in [0.1, 0.15) is 19.5 Å². The molecule has 0 saturated heterocycles. The molecule has 0 aromatic carbocycles. The van der Waals surface area contributed by atoms with E-state index < -0.39 is 0 Å². The third-order valence-electron chi connectivity index (χ3n) is 2.18. The van der Waals surface area contributed by atoms with Crippen molar-refractivity contribution in [3.05, 3.63) is 23.5 Å². The second-order valence-electron chi connectivity index (χ2n) is 3.92. The van der Waals surface area contributed by atoms with Crippen molar-refractivity contribution in [2.75, 3.05) is 13.2 Å². The Kier molecular flexibility index (Phi) is 3.93. The molecule has 0 aliphatic heterocycles. The summed E-state index contributed by atoms with van der Waals surface area (Å²) >= 11 is 1.66. The molecule has 1 N–H and O–H groups in total. The highest BCUT2D eigenvalue weighted by atomic mass is 32.1. The van der Waals surface area contributed by atoms with E-state index in [9.17, 15) is 0 Å². The Balaban J connectivity index is 1.72. The lowest BCUT2D eigenvalue weighted by Gasteiger charge is -2.07. The maximum Gasteiger partial charge on any atom is 0.193 e. The van der Waals surface area contributed by atoms with Crippen molar-refractivity contribution in [1.82, 2.24) is 14.7 Å². The summed E-state index contributed by atoms with van der Waals surface area (Å²) in [6.07, 6.45) is 4.39. The molecule has 0 radical (unpaired) electrons. The van der Waals surface area contributed by atoms with Crippen LogP contribution in [0.5, 0.6) is 0 Å². The van der Waals surface area contributed by atoms with E-state index in [-0.39, 0.29) is 0 Å². The smallest absolute Gasteiger partial charge is 0.193 e. The third kappa shape index (κ3) is 3.04. The molecule has 0 aliphatic rings. The number of aromatic nitrogens is 2. The fourth-order valence-corrected chi connectivity index (χ4v) is 2.16. The van der Waals surface area contributed by atoms with Crippen molar-refractivity contribution in [3.63, 3.8) is 0 Å². The standard InChI is InChI=1S/C11H17N3OS/c1-9(2)15-5-3-12-7-10-8-14-4-6-16-11(14)13-10/h4,6,8-9,12H,3,5,7H2,1-2H3. The summed E-state index contributed by atoms with van der Waals surface area (Å²) in [4.78, 5) is 5.53. The Morgan fingerprint density at radius 2 is 2.44 bits per heavy atom. The van der Waals surface area contributed by atoms with Crippen molar-refractivity contribution in [3.8, 4) is 0 Å². The SMILES string of the molecule is CC(C)OCCNCc1cn2ccsc2n1. The van der Waals surface area contributed by atoms with Crippen LogP contribution in [-0.2, 0) is 11.3 Å². The monoisotopic (exact) mass is 239 g/mol. The number of nitrogens with one attached hydrogen (secondary N) is 1. The molecule has 0 spiro atoms. The van der Waals surface area contributed by atoms with E-state index in [0.717, 1.165) is 30.4 Å². The lowest BCUT2D eigenvalue weighted by Crippen LogP contribution is -2.21. The van der Waals surface area contributed by atoms with E-state index in [0.29, 0.717) is 6.10 Å². The van der Waals surface area contributed by atoms with Gasteiger partial charge < -0.3 is 10.1 Å². The predicted molar refractivity (Wildman–Crippen MR) is 65.9 cm³/mol. The van der Waals surface area contributed by atoms with E-state index in [1.807, 2.05) is 29.8 Å². The van der Waals surface area contributed by atoms with Crippen molar-refractivity contribution >= 4 is 16.3 Å². The van der Waals surface area contributed by atoms with Crippen LogP contribution in [0.25, 0.3) is 4.96 Å². The highest BCUT2D eigenvalue weighted by Crippen LogP contribution is 2.10. The Bertz CT molecular complexity index is 407. The fourth-order valence-electron chi connectivity index (χ4n) is 1.44. The summed E-state index contributed by atoms with van der Waals surface area (Å²) in [7, 11) is 0. The zero-order valence-corrected chi connectivity index (χ0v) is 10.5. The Labute approximate surface area is 99.3 Å². The maximum atomic E-state index is 5.44. The van der Waals surface area contributed by atoms with Crippen LogP contribution in [0.2, 0.25) is 0 Å². The Morgan fingerprint density at radius 1 is 1.56 bits per heavy atom. The van der Waals surface area contributed by atoms with Gasteiger partial charge in [-0.15, -0.1) is 11.3 Å². The molecule has 0 fully saturated rings. The first-order valence-electron chi connectivity index (χ1n) is 5.49. The van der Waals surface area contributed by atoms with Crippen LogP contribution in [0.4, 0.5) is 0 Å². The second-order valence-corrected chi connectivity index (χ2v) is 4.79. The molecule has 0 amide bonds. The fraction of sp³-hybridized carbons (Fsp3) is 0.545. The number of hydrogen-bond donors (Lipinski definition) is 1. The van der Waals surface area contributed by atoms with Gasteiger partial charge in [-0.25, -0.2) is 4.98 Å². The lowest BCUT2D eigenvalue weighted by atomic mass is 10.4. The highest BCUT2D eigenvalue weighted by molar-refractivity contribution is 7.15. The molecule has 88 valence electrons. The summed E-state index contributed by atoms with van der Waals surface area (Å²) in [5.74, 6) is 0. The summed E-state index contributed by atoms with van der Waals surface area (Å²) in [6.45, 7) is 6.51. The highest BCUT2D eigenvalue weighted by Gasteiger charge is 2.01. The molecule has 0 bridgehead atoms. The number of rotatable bonds is 6. The molecule has 2 aromatic rings. The molecular formula is C11H17N3OS. The van der Waals surface area contributed by atoms with Gasteiger partial charge in [0.25, 0.3) is 0 Å². The summed E-state index contributed by atoms with van der Waals surface area (Å²) in [5.41, 5.74) is 1.08. The van der Waals surface area contributed by atoms with Crippen LogP contribution in [0.15, 0.2) is 17.8 Å². The minimum absolute atomic E-state index is 0.305. The van der Waals surface area contributed by atoms with Gasteiger partial charge in [0, 0.05) is 30.9 Å². The molecule has 0 atom stereocenters. The van der Waals surface area contributed by atoms with Gasteiger partial charge in [0.2, 0.25) is 0 Å². The third-order valence-corrected chi connectivity index (χ3v) is 2.95. The van der Waals surface area contributed by atoms with Gasteiger partial charge in [-0.3, -0.25) is 4.40 Å². The number of fused-ring (bicyclic) bond motifs is 1. The molecule has 0 saturated carbocycles. The molecular weight excluding hydrogens is 222 g/mol. The molecule has 0 aliphatic carbocycles. The molecule has 2 rings (SSSR count). The molecule has 5 heteroatoms. The average Bonchev–Trinajstić information content (AvgIpc) is 2.76. The normalized spacial score (nSPS) is 11.7. The van der Waals surface area contributed by atoms with Crippen molar-refractivity contribution in [2.24, 2.45) is 0 Å². The number of imidazole rings is 1. The van der Waals surface area contributed by atoms with Crippen molar-refractivity contribution < 1.29 is 4.74 Å². The van der Waals surface area contributed by atoms with Crippen LogP contribution >= 0.6 is 11.3 Å². The summed E-state index contributed by atoms with van der Waals surface area (Å²) in [5, 5.41) is 5.35. The van der Waals surface area contributed by atoms with Gasteiger partial charge in [0.05, 0.1) is 18.4 Å². The average molecular weight is 239 g/mol. The molecule has 2 heterocycles. The quantitative estimate of drug-likeness (QED) is 0.783. The van der Waals surface area contributed by atoms with Crippen molar-refractivity contribution in [2.45, 2.75) is 26.5 Å². The van der Waals surface area contributed by atoms with Gasteiger partial charge in [-0.2, -0.15) is 0 Å². The predicted octanol–water partition coefficient (Wildman–Crippen LogP) is 1.91. The van der Waals surface area contributed by atoms with E-state index in [1.54, 1.807) is 11.3 Å². The summed E-state index contributed by atoms with van der Waals surface area (Å²) in [6, 6.07) is 0. The zero-order chi connectivity index (χ0) is 11.4. The van der Waals surface area contributed by atoms with Gasteiger partial charge in [0.15, 0.2) is 4.96 Å². The number of nitrogens with zero attached hydrogens (tertiary/aromatic N) is 2. The first kappa shape index (κ1) is 11.6. The van der Waals surface area contributed by atoms with Crippen LogP contribution < -0.4 is 5.32 Å². The minimum Gasteiger partial charge on any atom is -0.377 e. The van der Waals surface area contributed by atoms with Crippen LogP contribution in [-0.4, -0.2) is 28.6 Å². The van der Waals surface area contributed by atoms with E-state index in [1.165, 1.54) is 0 Å². The molecule has 0 unspecified atom stereocenters. The number of hydrogen-bond acceptors (Lipinski definition) is 4. The zero-order valence-electron chi connectivity index (χ0n) is 9.64. The molecule has 4 nitrogen and oxygen atoms in total. The van der Waals surface area contributed by atoms with Crippen molar-refractivity contribution in [1.29, 1.82) is 0 Å². The van der Waals surface area contributed by atoms with E-state index in [4.69, 9.17) is 4.74 Å². The van der Waals surface area contributed by atoms with Crippen LogP contribution in [0, 0.1) is 0 Å². The van der Waals surface area contributed by atoms with Crippen LogP contribution in [0.3, 0.4) is 0 Å². The lowest BCUT2D eigenvalue weighted by molar-refractivity contribution is 0.0807. The topological polar surface area (TPSA) is 38.6 Å². The maximum absolute atomic E-state index is 5.44. The van der Waals surface area contributed by atoms with Gasteiger partial charge in [0.1, 0.15) is 0 Å². The Hall–Kier alpha value is -0.910. The summed E-state index contributed by atoms with van der Waals surface area (Å²) < 4.78 is 7.49. The first-order valence-corrected chi connectivity index (χ1v) is 6.37. The van der Waals surface area contributed by atoms with E-state index >= 15 is 0 Å². The molecule has 16 heavy (non-hydrogen) atoms. The minimum atomic E-state index is 0.305. The second kappa shape index (κ2) is 5.43. The van der Waals surface area contributed by atoms with E-state index in [2.05, 4.69) is 16.5 Å². The first-order chi connectivity index (χ1) is 7.75. The largest absolute Gasteiger partial charge is 0.377 e. The number of thiazole rings is 1. The molecule has 2 aromatic heterocycles. The van der Waals surface area contributed by atoms with Gasteiger partial charge in [-0.1, -0.05) is 0 Å².